The first-order chi connectivity index (χ1) is 11.4. The van der Waals surface area contributed by atoms with Gasteiger partial charge in [0.15, 0.2) is 0 Å². The van der Waals surface area contributed by atoms with Gasteiger partial charge in [0.2, 0.25) is 5.91 Å². The van der Waals surface area contributed by atoms with Crippen LogP contribution >= 0.6 is 0 Å². The lowest BCUT2D eigenvalue weighted by atomic mass is 9.45. The monoisotopic (exact) mass is 330 g/mol. The number of hydrogen-bond donors (Lipinski definition) is 1. The second-order valence-electron chi connectivity index (χ2n) is 9.62. The topological polar surface area (TPSA) is 41.5 Å². The molecule has 0 aromatic carbocycles. The summed E-state index contributed by atoms with van der Waals surface area (Å²) in [6.45, 7) is 6.63. The molecule has 4 aliphatic carbocycles. The van der Waals surface area contributed by atoms with Gasteiger partial charge in [-0.25, -0.2) is 5.43 Å². The maximum atomic E-state index is 11.3. The number of rotatable bonds is 1. The second kappa shape index (κ2) is 5.85. The van der Waals surface area contributed by atoms with Gasteiger partial charge < -0.3 is 0 Å². The summed E-state index contributed by atoms with van der Waals surface area (Å²) in [5.41, 5.74) is 4.84. The smallest absolute Gasteiger partial charge is 0.236 e. The Balaban J connectivity index is 1.59. The highest BCUT2D eigenvalue weighted by Crippen LogP contribution is 2.65. The predicted molar refractivity (Wildman–Crippen MR) is 97.6 cm³/mol. The molecular formula is C21H34N2O. The number of amides is 1. The molecule has 3 heteroatoms. The van der Waals surface area contributed by atoms with E-state index in [1.165, 1.54) is 63.5 Å². The largest absolute Gasteiger partial charge is 0.274 e. The lowest BCUT2D eigenvalue weighted by Gasteiger charge is -2.59. The van der Waals surface area contributed by atoms with Crippen molar-refractivity contribution < 1.29 is 4.79 Å². The quantitative estimate of drug-likeness (QED) is 0.682. The van der Waals surface area contributed by atoms with Crippen molar-refractivity contribution in [2.24, 2.45) is 39.6 Å². The van der Waals surface area contributed by atoms with Gasteiger partial charge in [0.05, 0.1) is 0 Å². The number of carbonyl (C=O) groups excluding carboxylic acids is 1. The van der Waals surface area contributed by atoms with Crippen LogP contribution in [-0.2, 0) is 4.79 Å². The van der Waals surface area contributed by atoms with Gasteiger partial charge in [-0.3, -0.25) is 4.79 Å². The van der Waals surface area contributed by atoms with Crippen molar-refractivity contribution in [3.8, 4) is 0 Å². The van der Waals surface area contributed by atoms with Crippen LogP contribution in [0.2, 0.25) is 0 Å². The van der Waals surface area contributed by atoms with Crippen molar-refractivity contribution >= 4 is 11.6 Å². The minimum atomic E-state index is -0.0431. The summed E-state index contributed by atoms with van der Waals surface area (Å²) in [7, 11) is 0. The number of hydrazone groups is 1. The zero-order valence-corrected chi connectivity index (χ0v) is 15.7. The molecule has 0 unspecified atom stereocenters. The molecule has 0 spiro atoms. The van der Waals surface area contributed by atoms with Crippen LogP contribution in [0.5, 0.6) is 0 Å². The van der Waals surface area contributed by atoms with Crippen molar-refractivity contribution in [3.63, 3.8) is 0 Å². The van der Waals surface area contributed by atoms with Gasteiger partial charge in [-0.1, -0.05) is 26.7 Å². The highest BCUT2D eigenvalue weighted by Gasteiger charge is 2.58. The Morgan fingerprint density at radius 3 is 2.67 bits per heavy atom. The Morgan fingerprint density at radius 1 is 1.04 bits per heavy atom. The van der Waals surface area contributed by atoms with E-state index in [0.29, 0.717) is 5.41 Å². The van der Waals surface area contributed by atoms with E-state index in [1.807, 2.05) is 0 Å². The van der Waals surface area contributed by atoms with E-state index < -0.39 is 0 Å². The number of nitrogens with one attached hydrogen (secondary N) is 1. The van der Waals surface area contributed by atoms with Gasteiger partial charge in [-0.2, -0.15) is 5.10 Å². The van der Waals surface area contributed by atoms with Gasteiger partial charge >= 0.3 is 0 Å². The molecule has 4 saturated carbocycles. The third kappa shape index (κ3) is 2.37. The average Bonchev–Trinajstić information content (AvgIpc) is 2.89. The number of carbonyl (C=O) groups is 1. The molecule has 1 amide bonds. The van der Waals surface area contributed by atoms with Crippen LogP contribution in [-0.4, -0.2) is 11.6 Å². The third-order valence-corrected chi connectivity index (χ3v) is 8.67. The molecule has 6 atom stereocenters. The number of fused-ring (bicyclic) bond motifs is 5. The normalized spacial score (nSPS) is 49.2. The molecule has 1 N–H and O–H groups in total. The average molecular weight is 331 g/mol. The van der Waals surface area contributed by atoms with E-state index in [4.69, 9.17) is 0 Å². The molecule has 0 heterocycles. The van der Waals surface area contributed by atoms with Gasteiger partial charge in [0, 0.05) is 18.1 Å². The molecule has 0 aromatic heterocycles. The van der Waals surface area contributed by atoms with Crippen molar-refractivity contribution in [2.45, 2.75) is 85.0 Å². The highest BCUT2D eigenvalue weighted by molar-refractivity contribution is 5.93. The summed E-state index contributed by atoms with van der Waals surface area (Å²) in [5, 5.41) is 4.53. The molecule has 24 heavy (non-hydrogen) atoms. The van der Waals surface area contributed by atoms with Crippen molar-refractivity contribution in [1.82, 2.24) is 5.43 Å². The first-order valence-corrected chi connectivity index (χ1v) is 10.3. The van der Waals surface area contributed by atoms with E-state index in [9.17, 15) is 4.79 Å². The zero-order valence-electron chi connectivity index (χ0n) is 15.7. The fourth-order valence-corrected chi connectivity index (χ4v) is 7.41. The summed E-state index contributed by atoms with van der Waals surface area (Å²) in [6, 6.07) is 0. The van der Waals surface area contributed by atoms with Crippen molar-refractivity contribution in [1.29, 1.82) is 0 Å². The fraction of sp³-hybridized carbons (Fsp3) is 0.905. The van der Waals surface area contributed by atoms with Crippen LogP contribution in [0.1, 0.15) is 85.0 Å². The summed E-state index contributed by atoms with van der Waals surface area (Å²) in [5.74, 6) is 3.58. The molecule has 0 saturated heterocycles. The molecular weight excluding hydrogens is 296 g/mol. The van der Waals surface area contributed by atoms with Crippen LogP contribution < -0.4 is 5.43 Å². The highest BCUT2D eigenvalue weighted by atomic mass is 16.2. The van der Waals surface area contributed by atoms with Gasteiger partial charge in [-0.05, 0) is 80.5 Å². The minimum Gasteiger partial charge on any atom is -0.274 e. The Hall–Kier alpha value is -0.860. The Labute approximate surface area is 147 Å². The zero-order chi connectivity index (χ0) is 16.9. The van der Waals surface area contributed by atoms with Gasteiger partial charge in [0.1, 0.15) is 0 Å². The lowest BCUT2D eigenvalue weighted by molar-refractivity contribution is -0.118. The van der Waals surface area contributed by atoms with Crippen molar-refractivity contribution in [3.05, 3.63) is 0 Å². The van der Waals surface area contributed by atoms with E-state index in [0.717, 1.165) is 30.1 Å². The SMILES string of the molecule is CC(=O)N/N=C1/CC[C@H]2[C@@H]3CC[C@H]4CCCC[C@]4(C)[C@H]3CC[C@]12C. The summed E-state index contributed by atoms with van der Waals surface area (Å²) < 4.78 is 0. The fourth-order valence-electron chi connectivity index (χ4n) is 7.41. The van der Waals surface area contributed by atoms with E-state index >= 15 is 0 Å². The van der Waals surface area contributed by atoms with Crippen molar-refractivity contribution in [2.75, 3.05) is 0 Å². The Bertz CT molecular complexity index is 556. The Kier molecular flexibility index (Phi) is 4.04. The van der Waals surface area contributed by atoms with Crippen LogP contribution in [0.4, 0.5) is 0 Å². The van der Waals surface area contributed by atoms with Crippen LogP contribution in [0, 0.1) is 34.5 Å². The first kappa shape index (κ1) is 16.6. The Morgan fingerprint density at radius 2 is 1.88 bits per heavy atom. The standard InChI is InChI=1S/C21H34N2O/c1-14(24)22-23-19-10-9-17-16-8-7-15-6-4-5-12-20(15,2)18(16)11-13-21(17,19)3/h15-18H,4-13H2,1-3H3,(H,22,24)/b23-19-/t15-,16+,17+,18+,20+,21+/m1/s1. The number of nitrogens with zero attached hydrogens (tertiary/aromatic N) is 1. The predicted octanol–water partition coefficient (Wildman–Crippen LogP) is 4.91. The number of hydrogen-bond acceptors (Lipinski definition) is 2. The van der Waals surface area contributed by atoms with E-state index in [-0.39, 0.29) is 11.3 Å². The maximum Gasteiger partial charge on any atom is 0.236 e. The van der Waals surface area contributed by atoms with Crippen LogP contribution in [0.15, 0.2) is 5.10 Å². The van der Waals surface area contributed by atoms with E-state index in [1.54, 1.807) is 6.92 Å². The van der Waals surface area contributed by atoms with Gasteiger partial charge in [0.25, 0.3) is 0 Å². The van der Waals surface area contributed by atoms with E-state index in [2.05, 4.69) is 24.4 Å². The van der Waals surface area contributed by atoms with Crippen LogP contribution in [0.3, 0.4) is 0 Å². The lowest BCUT2D eigenvalue weighted by Crippen LogP contribution is -2.52. The molecule has 3 nitrogen and oxygen atoms in total. The summed E-state index contributed by atoms with van der Waals surface area (Å²) in [4.78, 5) is 11.3. The summed E-state index contributed by atoms with van der Waals surface area (Å²) in [6.07, 6.45) is 13.8. The molecule has 0 bridgehead atoms. The summed E-state index contributed by atoms with van der Waals surface area (Å²) >= 11 is 0. The maximum absolute atomic E-state index is 11.3. The van der Waals surface area contributed by atoms with Crippen LogP contribution in [0.25, 0.3) is 0 Å². The van der Waals surface area contributed by atoms with Gasteiger partial charge in [-0.15, -0.1) is 0 Å². The first-order valence-electron chi connectivity index (χ1n) is 10.3. The molecule has 134 valence electrons. The second-order valence-corrected chi connectivity index (χ2v) is 9.62. The molecule has 4 fully saturated rings. The molecule has 4 rings (SSSR count). The molecule has 0 aliphatic heterocycles. The molecule has 0 aromatic rings. The third-order valence-electron chi connectivity index (χ3n) is 8.67. The minimum absolute atomic E-state index is 0.0431. The molecule has 0 radical (unpaired) electrons. The molecule has 4 aliphatic rings.